The third kappa shape index (κ3) is 1.09. The Hall–Kier alpha value is 1.66. The van der Waals surface area contributed by atoms with E-state index in [9.17, 15) is 4.79 Å². The van der Waals surface area contributed by atoms with E-state index >= 15 is 0 Å². The van der Waals surface area contributed by atoms with Crippen LogP contribution in [0.2, 0.25) is 0 Å². The minimum Gasteiger partial charge on any atom is -0.469 e. The monoisotopic (exact) mass is 544 g/mol. The van der Waals surface area contributed by atoms with Crippen molar-refractivity contribution in [3.8, 4) is 0 Å². The van der Waals surface area contributed by atoms with Crippen molar-refractivity contribution in [1.29, 1.82) is 0 Å². The van der Waals surface area contributed by atoms with Gasteiger partial charge in [0.05, 0.1) is 12.5 Å². The lowest BCUT2D eigenvalue weighted by molar-refractivity contribution is -0.152. The van der Waals surface area contributed by atoms with E-state index in [4.69, 9.17) is 4.74 Å². The summed E-state index contributed by atoms with van der Waals surface area (Å²) in [5.74, 6) is 0.0338. The molecule has 2 atom stereocenters. The summed E-state index contributed by atoms with van der Waals surface area (Å²) >= 11 is 7.75. The highest BCUT2D eigenvalue weighted by Crippen LogP contribution is 2.83. The zero-order chi connectivity index (χ0) is 11.1. The van der Waals surface area contributed by atoms with E-state index in [2.05, 4.69) is 67.8 Å². The molecule has 0 aromatic heterocycles. The fraction of sp³-hybridized carbons (Fsp3) is 0.900. The first-order chi connectivity index (χ1) is 6.81. The molecule has 0 aliphatic heterocycles. The van der Waals surface area contributed by atoms with Crippen LogP contribution in [0.1, 0.15) is 25.7 Å². The smallest absolute Gasteiger partial charge is 0.313 e. The summed E-state index contributed by atoms with van der Waals surface area (Å²) in [4.78, 5) is 12.1. The molecule has 0 N–H and O–H groups in total. The van der Waals surface area contributed by atoms with Gasteiger partial charge < -0.3 is 4.74 Å². The Labute approximate surface area is 130 Å². The van der Waals surface area contributed by atoms with E-state index in [1.54, 1.807) is 0 Å². The molecule has 0 amide bonds. The van der Waals surface area contributed by atoms with Crippen molar-refractivity contribution in [2.75, 3.05) is 7.11 Å². The molecule has 2 nitrogen and oxygen atoms in total. The van der Waals surface area contributed by atoms with Gasteiger partial charge in [-0.3, -0.25) is 4.79 Å². The minimum atomic E-state index is -0.176. The van der Waals surface area contributed by atoms with Gasteiger partial charge in [-0.25, -0.2) is 0 Å². The Bertz CT molecular complexity index is 350. The lowest BCUT2D eigenvalue weighted by Crippen LogP contribution is -2.41. The van der Waals surface area contributed by atoms with Gasteiger partial charge in [-0.05, 0) is 25.7 Å². The molecular weight excluding hydrogens is 533 g/mol. The zero-order valence-corrected chi connectivity index (χ0v) is 14.8. The molecule has 4 bridgehead atoms. The van der Waals surface area contributed by atoms with Crippen LogP contribution in [0.15, 0.2) is 0 Å². The van der Waals surface area contributed by atoms with Crippen LogP contribution in [0, 0.1) is 5.41 Å². The van der Waals surface area contributed by atoms with E-state index in [-0.39, 0.29) is 14.8 Å². The van der Waals surface area contributed by atoms with Crippen LogP contribution < -0.4 is 0 Å². The molecule has 4 fully saturated rings. The highest BCUT2D eigenvalue weighted by Gasteiger charge is 2.84. The number of halogens is 3. The minimum absolute atomic E-state index is 0.0338. The Morgan fingerprint density at radius 1 is 1.00 bits per heavy atom. The molecule has 4 aliphatic rings. The number of esters is 1. The summed E-state index contributed by atoms with van der Waals surface area (Å²) in [6.45, 7) is 0. The SMILES string of the molecule is COC(=O)C12CC3(I)CC1(I)CC3(I)C2. The Morgan fingerprint density at radius 3 is 1.73 bits per heavy atom. The molecule has 15 heavy (non-hydrogen) atoms. The Morgan fingerprint density at radius 2 is 1.47 bits per heavy atom. The van der Waals surface area contributed by atoms with Gasteiger partial charge in [0.1, 0.15) is 0 Å². The summed E-state index contributed by atoms with van der Waals surface area (Å²) in [5.41, 5.74) is -0.176. The van der Waals surface area contributed by atoms with E-state index in [1.165, 1.54) is 20.0 Å². The van der Waals surface area contributed by atoms with Crippen molar-refractivity contribution in [2.45, 2.75) is 35.9 Å². The Kier molecular flexibility index (Phi) is 2.32. The van der Waals surface area contributed by atoms with E-state index in [0.717, 1.165) is 12.8 Å². The van der Waals surface area contributed by atoms with Gasteiger partial charge in [0.15, 0.2) is 0 Å². The van der Waals surface area contributed by atoms with E-state index in [1.807, 2.05) is 0 Å². The number of alkyl halides is 3. The maximum Gasteiger partial charge on any atom is 0.313 e. The highest BCUT2D eigenvalue weighted by molar-refractivity contribution is 14.1. The van der Waals surface area contributed by atoms with Crippen LogP contribution in [-0.2, 0) is 9.53 Å². The van der Waals surface area contributed by atoms with Crippen molar-refractivity contribution in [1.82, 2.24) is 0 Å². The molecule has 4 rings (SSSR count). The second kappa shape index (κ2) is 2.97. The van der Waals surface area contributed by atoms with Crippen molar-refractivity contribution >= 4 is 73.7 Å². The van der Waals surface area contributed by atoms with Gasteiger partial charge in [-0.15, -0.1) is 0 Å². The molecule has 2 unspecified atom stereocenters. The summed E-state index contributed by atoms with van der Waals surface area (Å²) in [6.07, 6.45) is 4.41. The van der Waals surface area contributed by atoms with Crippen LogP contribution in [0.25, 0.3) is 0 Å². The molecule has 5 heteroatoms. The average Bonchev–Trinajstić information content (AvgIpc) is 2.60. The van der Waals surface area contributed by atoms with Crippen molar-refractivity contribution in [3.05, 3.63) is 0 Å². The molecular formula is C10H11I3O2. The van der Waals surface area contributed by atoms with Gasteiger partial charge in [0.25, 0.3) is 0 Å². The predicted molar refractivity (Wildman–Crippen MR) is 83.2 cm³/mol. The Balaban J connectivity index is 2.14. The largest absolute Gasteiger partial charge is 0.469 e. The second-order valence-corrected chi connectivity index (χ2v) is 11.4. The lowest BCUT2D eigenvalue weighted by Gasteiger charge is -2.32. The lowest BCUT2D eigenvalue weighted by atomic mass is 9.81. The maximum atomic E-state index is 12.1. The van der Waals surface area contributed by atoms with Crippen molar-refractivity contribution < 1.29 is 9.53 Å². The van der Waals surface area contributed by atoms with Crippen molar-refractivity contribution in [2.24, 2.45) is 5.41 Å². The normalized spacial score (nSPS) is 60.3. The number of carbonyl (C=O) groups is 1. The first kappa shape index (κ1) is 11.7. The van der Waals surface area contributed by atoms with Gasteiger partial charge in [-0.2, -0.15) is 0 Å². The summed E-state index contributed by atoms with van der Waals surface area (Å²) < 4.78 is 5.89. The molecule has 0 aromatic rings. The molecule has 84 valence electrons. The summed E-state index contributed by atoms with van der Waals surface area (Å²) in [7, 11) is 1.53. The molecule has 0 spiro atoms. The van der Waals surface area contributed by atoms with Gasteiger partial charge in [-0.1, -0.05) is 67.8 Å². The first-order valence-electron chi connectivity index (χ1n) is 4.96. The standard InChI is InChI=1S/C10H11I3O2/c1-15-6(14)7-2-9(12)4-8(7,11)5-10(9,13)3-7/h2-5H2,1H3. The fourth-order valence-electron chi connectivity index (χ4n) is 3.91. The molecule has 4 saturated carbocycles. The van der Waals surface area contributed by atoms with Crippen LogP contribution in [-0.4, -0.2) is 23.3 Å². The number of rotatable bonds is 1. The average molecular weight is 544 g/mol. The highest BCUT2D eigenvalue weighted by atomic mass is 127. The number of hydrogen-bond donors (Lipinski definition) is 0. The molecule has 0 heterocycles. The predicted octanol–water partition coefficient (Wildman–Crippen LogP) is 3.27. The quantitative estimate of drug-likeness (QED) is 0.288. The van der Waals surface area contributed by atoms with E-state index < -0.39 is 0 Å². The summed E-state index contributed by atoms with van der Waals surface area (Å²) in [5, 5.41) is 0. The number of methoxy groups -OCH3 is 1. The van der Waals surface area contributed by atoms with Gasteiger partial charge >= 0.3 is 5.97 Å². The van der Waals surface area contributed by atoms with Crippen LogP contribution in [0.5, 0.6) is 0 Å². The molecule has 4 aliphatic carbocycles. The number of hydrogen-bond acceptors (Lipinski definition) is 2. The number of ether oxygens (including phenoxy) is 1. The fourth-order valence-corrected chi connectivity index (χ4v) is 10.6. The first-order valence-corrected chi connectivity index (χ1v) is 8.20. The van der Waals surface area contributed by atoms with E-state index in [0.29, 0.717) is 6.84 Å². The molecule has 0 aromatic carbocycles. The van der Waals surface area contributed by atoms with Gasteiger partial charge in [0, 0.05) is 10.3 Å². The molecule has 0 radical (unpaired) electrons. The third-order valence-corrected chi connectivity index (χ3v) is 10.9. The van der Waals surface area contributed by atoms with Crippen LogP contribution in [0.3, 0.4) is 0 Å². The number of carbonyl (C=O) groups excluding carboxylic acids is 1. The maximum absolute atomic E-state index is 12.1. The topological polar surface area (TPSA) is 26.3 Å². The third-order valence-electron chi connectivity index (χ3n) is 4.52. The van der Waals surface area contributed by atoms with Crippen LogP contribution >= 0.6 is 67.8 Å². The zero-order valence-electron chi connectivity index (χ0n) is 8.28. The van der Waals surface area contributed by atoms with Crippen LogP contribution in [0.4, 0.5) is 0 Å². The summed E-state index contributed by atoms with van der Waals surface area (Å²) in [6, 6.07) is 0. The second-order valence-electron chi connectivity index (χ2n) is 5.18. The van der Waals surface area contributed by atoms with Crippen molar-refractivity contribution in [3.63, 3.8) is 0 Å². The molecule has 0 saturated heterocycles. The van der Waals surface area contributed by atoms with Gasteiger partial charge in [0.2, 0.25) is 0 Å².